The van der Waals surface area contributed by atoms with Crippen molar-refractivity contribution in [1.29, 1.82) is 0 Å². The van der Waals surface area contributed by atoms with Crippen molar-refractivity contribution in [2.24, 2.45) is 0 Å². The number of aromatic nitrogens is 1. The lowest BCUT2D eigenvalue weighted by atomic mass is 10.9. The van der Waals surface area contributed by atoms with Crippen LogP contribution in [0, 0.1) is 3.01 Å². The average molecular weight is 227 g/mol. The lowest BCUT2D eigenvalue weighted by Crippen LogP contribution is -1.60. The van der Waals surface area contributed by atoms with Crippen molar-refractivity contribution in [3.63, 3.8) is 0 Å². The molecule has 0 fully saturated rings. The van der Waals surface area contributed by atoms with E-state index in [2.05, 4.69) is 4.98 Å². The molecule has 0 aliphatic heterocycles. The molecule has 0 aliphatic carbocycles. The van der Waals surface area contributed by atoms with Crippen LogP contribution in [0.25, 0.3) is 0 Å². The molecular formula is C3H2INOS. The van der Waals surface area contributed by atoms with E-state index in [1.165, 1.54) is 11.3 Å². The van der Waals surface area contributed by atoms with Crippen LogP contribution in [0.4, 0.5) is 0 Å². The van der Waals surface area contributed by atoms with Gasteiger partial charge in [-0.15, -0.1) is 11.3 Å². The molecule has 1 heterocycles. The zero-order valence-electron chi connectivity index (χ0n) is 3.26. The van der Waals surface area contributed by atoms with Gasteiger partial charge in [0.25, 0.3) is 0 Å². The summed E-state index contributed by atoms with van der Waals surface area (Å²) >= 11 is 3.48. The third-order valence-electron chi connectivity index (χ3n) is 0.464. The molecule has 0 saturated heterocycles. The zero-order valence-corrected chi connectivity index (χ0v) is 6.23. The Morgan fingerprint density at radius 2 is 2.57 bits per heavy atom. The second-order valence-electron chi connectivity index (χ2n) is 0.959. The molecule has 0 unspecified atom stereocenters. The van der Waals surface area contributed by atoms with Gasteiger partial charge in [0.1, 0.15) is 0 Å². The van der Waals surface area contributed by atoms with Gasteiger partial charge in [0.05, 0.1) is 5.38 Å². The van der Waals surface area contributed by atoms with Crippen molar-refractivity contribution < 1.29 is 5.11 Å². The Morgan fingerprint density at radius 1 is 1.86 bits per heavy atom. The van der Waals surface area contributed by atoms with E-state index < -0.39 is 0 Å². The molecule has 1 rings (SSSR count). The molecule has 0 saturated carbocycles. The highest BCUT2D eigenvalue weighted by Crippen LogP contribution is 2.15. The van der Waals surface area contributed by atoms with Crippen LogP contribution in [0.5, 0.6) is 5.88 Å². The molecule has 38 valence electrons. The molecule has 1 aromatic heterocycles. The summed E-state index contributed by atoms with van der Waals surface area (Å²) in [6, 6.07) is 0. The van der Waals surface area contributed by atoms with Gasteiger partial charge in [-0.05, 0) is 22.6 Å². The average Bonchev–Trinajstić information content (AvgIpc) is 1.87. The summed E-state index contributed by atoms with van der Waals surface area (Å²) in [5.74, 6) is 0.120. The van der Waals surface area contributed by atoms with Crippen molar-refractivity contribution in [1.82, 2.24) is 4.98 Å². The third kappa shape index (κ3) is 1.27. The van der Waals surface area contributed by atoms with Crippen LogP contribution in [0.1, 0.15) is 0 Å². The molecule has 1 aromatic rings. The van der Waals surface area contributed by atoms with Gasteiger partial charge < -0.3 is 5.11 Å². The van der Waals surface area contributed by atoms with Crippen LogP contribution in [0.15, 0.2) is 5.38 Å². The summed E-state index contributed by atoms with van der Waals surface area (Å²) in [5, 5.41) is 10.1. The Morgan fingerprint density at radius 3 is 2.71 bits per heavy atom. The monoisotopic (exact) mass is 227 g/mol. The molecule has 0 atom stereocenters. The second kappa shape index (κ2) is 1.95. The van der Waals surface area contributed by atoms with Crippen LogP contribution in [-0.2, 0) is 0 Å². The van der Waals surface area contributed by atoms with E-state index in [0.717, 1.165) is 3.01 Å². The number of rotatable bonds is 0. The maximum absolute atomic E-state index is 8.55. The van der Waals surface area contributed by atoms with Crippen LogP contribution < -0.4 is 0 Å². The van der Waals surface area contributed by atoms with Crippen LogP contribution >= 0.6 is 33.9 Å². The number of nitrogens with zero attached hydrogens (tertiary/aromatic N) is 1. The topological polar surface area (TPSA) is 33.1 Å². The second-order valence-corrected chi connectivity index (χ2v) is 3.57. The van der Waals surface area contributed by atoms with Crippen molar-refractivity contribution >= 4 is 33.9 Å². The van der Waals surface area contributed by atoms with E-state index in [-0.39, 0.29) is 5.88 Å². The maximum atomic E-state index is 8.55. The summed E-state index contributed by atoms with van der Waals surface area (Å²) in [5.41, 5.74) is 0. The minimum atomic E-state index is 0.120. The van der Waals surface area contributed by atoms with E-state index >= 15 is 0 Å². The maximum Gasteiger partial charge on any atom is 0.222 e. The summed E-state index contributed by atoms with van der Waals surface area (Å²) in [6.45, 7) is 0. The molecule has 7 heavy (non-hydrogen) atoms. The highest BCUT2D eigenvalue weighted by Gasteiger charge is 1.90. The van der Waals surface area contributed by atoms with E-state index in [9.17, 15) is 0 Å². The van der Waals surface area contributed by atoms with Gasteiger partial charge in [-0.1, -0.05) is 0 Å². The first-order valence-electron chi connectivity index (χ1n) is 1.59. The Labute approximate surface area is 58.3 Å². The van der Waals surface area contributed by atoms with Crippen molar-refractivity contribution in [3.8, 4) is 5.88 Å². The van der Waals surface area contributed by atoms with Gasteiger partial charge in [-0.3, -0.25) is 0 Å². The predicted octanol–water partition coefficient (Wildman–Crippen LogP) is 1.45. The number of hydrogen-bond acceptors (Lipinski definition) is 3. The standard InChI is InChI=1S/C3H2INOS/c4-3-5-2(6)1-7-3/h1,6H. The first kappa shape index (κ1) is 5.30. The number of aromatic hydroxyl groups is 1. The van der Waals surface area contributed by atoms with Crippen LogP contribution in [0.3, 0.4) is 0 Å². The van der Waals surface area contributed by atoms with E-state index in [0.29, 0.717) is 0 Å². The fraction of sp³-hybridized carbons (Fsp3) is 0. The number of thiazole rings is 1. The van der Waals surface area contributed by atoms with Gasteiger partial charge in [0.2, 0.25) is 5.88 Å². The minimum Gasteiger partial charge on any atom is -0.493 e. The molecule has 0 spiro atoms. The van der Waals surface area contributed by atoms with Gasteiger partial charge in [-0.25, -0.2) is 0 Å². The molecule has 0 radical (unpaired) electrons. The predicted molar refractivity (Wildman–Crippen MR) is 36.5 cm³/mol. The molecule has 0 aromatic carbocycles. The summed E-state index contributed by atoms with van der Waals surface area (Å²) < 4.78 is 0.870. The quantitative estimate of drug-likeness (QED) is 0.680. The van der Waals surface area contributed by atoms with E-state index in [1.807, 2.05) is 22.6 Å². The highest BCUT2D eigenvalue weighted by atomic mass is 127. The smallest absolute Gasteiger partial charge is 0.222 e. The Hall–Kier alpha value is 0.160. The van der Waals surface area contributed by atoms with Gasteiger partial charge >= 0.3 is 0 Å². The zero-order chi connectivity index (χ0) is 5.28. The Bertz CT molecular complexity index is 147. The van der Waals surface area contributed by atoms with E-state index in [1.54, 1.807) is 5.38 Å². The molecule has 1 N–H and O–H groups in total. The molecule has 0 aliphatic rings. The van der Waals surface area contributed by atoms with Crippen molar-refractivity contribution in [2.45, 2.75) is 0 Å². The summed E-state index contributed by atoms with van der Waals surface area (Å²) in [6.07, 6.45) is 0. The largest absolute Gasteiger partial charge is 0.493 e. The van der Waals surface area contributed by atoms with Gasteiger partial charge in [0.15, 0.2) is 3.01 Å². The van der Waals surface area contributed by atoms with Gasteiger partial charge in [0, 0.05) is 0 Å². The van der Waals surface area contributed by atoms with Crippen LogP contribution in [0.2, 0.25) is 0 Å². The highest BCUT2D eigenvalue weighted by molar-refractivity contribution is 14.1. The first-order chi connectivity index (χ1) is 3.29. The van der Waals surface area contributed by atoms with Crippen molar-refractivity contribution in [2.75, 3.05) is 0 Å². The normalized spacial score (nSPS) is 9.29. The fourth-order valence-corrected chi connectivity index (χ4v) is 1.27. The minimum absolute atomic E-state index is 0.120. The SMILES string of the molecule is Oc1csc(I)n1. The Balaban J connectivity index is 3.04. The van der Waals surface area contributed by atoms with E-state index in [4.69, 9.17) is 5.11 Å². The summed E-state index contributed by atoms with van der Waals surface area (Å²) in [4.78, 5) is 3.67. The molecule has 2 nitrogen and oxygen atoms in total. The van der Waals surface area contributed by atoms with Gasteiger partial charge in [-0.2, -0.15) is 4.98 Å². The van der Waals surface area contributed by atoms with Crippen molar-refractivity contribution in [3.05, 3.63) is 8.39 Å². The molecule has 4 heteroatoms. The third-order valence-corrected chi connectivity index (χ3v) is 2.08. The number of halogens is 1. The molecular weight excluding hydrogens is 225 g/mol. The lowest BCUT2D eigenvalue weighted by molar-refractivity contribution is 0.456. The number of hydrogen-bond donors (Lipinski definition) is 1. The molecule has 0 amide bonds. The fourth-order valence-electron chi connectivity index (χ4n) is 0.244. The summed E-state index contributed by atoms with van der Waals surface area (Å²) in [7, 11) is 0. The molecule has 0 bridgehead atoms. The lowest BCUT2D eigenvalue weighted by Gasteiger charge is -1.69. The van der Waals surface area contributed by atoms with Crippen LogP contribution in [-0.4, -0.2) is 10.1 Å². The first-order valence-corrected chi connectivity index (χ1v) is 3.55. The Kier molecular flexibility index (Phi) is 1.48.